The molecule has 2 aromatic rings. The van der Waals surface area contributed by atoms with Crippen molar-refractivity contribution < 1.29 is 17.9 Å². The zero-order valence-corrected chi connectivity index (χ0v) is 16.4. The molecule has 0 heterocycles. The highest BCUT2D eigenvalue weighted by Crippen LogP contribution is 2.25. The molecule has 2 aromatic carbocycles. The number of aryl methyl sites for hydroxylation is 2. The molecular formula is C19H24N2O4S. The third-order valence-corrected chi connectivity index (χ3v) is 5.39. The highest BCUT2D eigenvalue weighted by molar-refractivity contribution is 7.92. The lowest BCUT2D eigenvalue weighted by atomic mass is 10.1. The van der Waals surface area contributed by atoms with E-state index in [1.165, 1.54) is 7.11 Å². The van der Waals surface area contributed by atoms with Crippen molar-refractivity contribution in [2.24, 2.45) is 0 Å². The Morgan fingerprint density at radius 3 is 2.08 bits per heavy atom. The molecule has 26 heavy (non-hydrogen) atoms. The van der Waals surface area contributed by atoms with Crippen molar-refractivity contribution in [2.45, 2.75) is 26.8 Å². The summed E-state index contributed by atoms with van der Waals surface area (Å²) >= 11 is 0. The largest absolute Gasteiger partial charge is 0.497 e. The lowest BCUT2D eigenvalue weighted by Crippen LogP contribution is -2.45. The van der Waals surface area contributed by atoms with E-state index in [2.05, 4.69) is 5.32 Å². The summed E-state index contributed by atoms with van der Waals surface area (Å²) in [7, 11) is -2.13. The number of para-hydroxylation sites is 1. The standard InChI is InChI=1S/C19H24N2O4S/c1-13-7-6-8-14(2)18(13)20-19(22)15(3)21(26(5,23)24)16-9-11-17(25-4)12-10-16/h6-12,15H,1-5H3,(H,20,22). The van der Waals surface area contributed by atoms with E-state index in [4.69, 9.17) is 4.74 Å². The Morgan fingerprint density at radius 1 is 1.08 bits per heavy atom. The van der Waals surface area contributed by atoms with Crippen molar-refractivity contribution in [3.8, 4) is 5.75 Å². The molecule has 0 saturated carbocycles. The fourth-order valence-electron chi connectivity index (χ4n) is 2.78. The molecule has 0 aromatic heterocycles. The van der Waals surface area contributed by atoms with Crippen molar-refractivity contribution in [1.82, 2.24) is 0 Å². The van der Waals surface area contributed by atoms with Gasteiger partial charge < -0.3 is 10.1 Å². The normalized spacial score (nSPS) is 12.3. The monoisotopic (exact) mass is 376 g/mol. The van der Waals surface area contributed by atoms with Crippen molar-refractivity contribution in [2.75, 3.05) is 23.0 Å². The summed E-state index contributed by atoms with van der Waals surface area (Å²) in [5.74, 6) is 0.207. The summed E-state index contributed by atoms with van der Waals surface area (Å²) in [6.07, 6.45) is 1.08. The van der Waals surface area contributed by atoms with Gasteiger partial charge in [0.25, 0.3) is 0 Å². The molecule has 1 amide bonds. The van der Waals surface area contributed by atoms with Crippen LogP contribution in [0.2, 0.25) is 0 Å². The number of amides is 1. The van der Waals surface area contributed by atoms with Gasteiger partial charge in [-0.3, -0.25) is 9.10 Å². The Labute approximate surface area is 154 Å². The van der Waals surface area contributed by atoms with E-state index >= 15 is 0 Å². The lowest BCUT2D eigenvalue weighted by molar-refractivity contribution is -0.116. The first-order valence-corrected chi connectivity index (χ1v) is 10.0. The molecule has 0 bridgehead atoms. The highest BCUT2D eigenvalue weighted by atomic mass is 32.2. The topological polar surface area (TPSA) is 75.7 Å². The third kappa shape index (κ3) is 4.35. The number of nitrogens with zero attached hydrogens (tertiary/aromatic N) is 1. The number of nitrogens with one attached hydrogen (secondary N) is 1. The maximum Gasteiger partial charge on any atom is 0.248 e. The first-order valence-electron chi connectivity index (χ1n) is 8.15. The van der Waals surface area contributed by atoms with Gasteiger partial charge in [-0.1, -0.05) is 18.2 Å². The molecule has 0 radical (unpaired) electrons. The van der Waals surface area contributed by atoms with E-state index in [1.54, 1.807) is 31.2 Å². The van der Waals surface area contributed by atoms with E-state index in [1.807, 2.05) is 32.0 Å². The molecule has 0 aliphatic rings. The van der Waals surface area contributed by atoms with E-state index in [0.717, 1.165) is 21.7 Å². The van der Waals surface area contributed by atoms with Crippen molar-refractivity contribution in [3.05, 3.63) is 53.6 Å². The van der Waals surface area contributed by atoms with Gasteiger partial charge in [0.05, 0.1) is 19.1 Å². The number of hydrogen-bond donors (Lipinski definition) is 1. The predicted octanol–water partition coefficient (Wildman–Crippen LogP) is 3.11. The first-order chi connectivity index (χ1) is 12.1. The van der Waals surface area contributed by atoms with Gasteiger partial charge in [0.15, 0.2) is 0 Å². The van der Waals surface area contributed by atoms with Crippen LogP contribution in [0.15, 0.2) is 42.5 Å². The fraction of sp³-hybridized carbons (Fsp3) is 0.316. The van der Waals surface area contributed by atoms with E-state index in [0.29, 0.717) is 17.1 Å². The minimum absolute atomic E-state index is 0.399. The van der Waals surface area contributed by atoms with Gasteiger partial charge in [0, 0.05) is 5.69 Å². The predicted molar refractivity (Wildman–Crippen MR) is 104 cm³/mol. The summed E-state index contributed by atoms with van der Waals surface area (Å²) in [6, 6.07) is 11.3. The maximum absolute atomic E-state index is 12.8. The van der Waals surface area contributed by atoms with E-state index in [9.17, 15) is 13.2 Å². The number of sulfonamides is 1. The number of benzene rings is 2. The number of carbonyl (C=O) groups is 1. The van der Waals surface area contributed by atoms with Crippen LogP contribution in [0.5, 0.6) is 5.75 Å². The molecule has 140 valence electrons. The summed E-state index contributed by atoms with van der Waals surface area (Å²) in [5, 5.41) is 2.85. The molecule has 0 saturated heterocycles. The highest BCUT2D eigenvalue weighted by Gasteiger charge is 2.29. The number of carbonyl (C=O) groups excluding carboxylic acids is 1. The second-order valence-electron chi connectivity index (χ2n) is 6.19. The zero-order valence-electron chi connectivity index (χ0n) is 15.6. The molecule has 0 fully saturated rings. The molecule has 1 atom stereocenters. The lowest BCUT2D eigenvalue weighted by Gasteiger charge is -2.28. The van der Waals surface area contributed by atoms with Gasteiger partial charge in [-0.2, -0.15) is 0 Å². The number of hydrogen-bond acceptors (Lipinski definition) is 4. The SMILES string of the molecule is COc1ccc(N(C(C)C(=O)Nc2c(C)cccc2C)S(C)(=O)=O)cc1. The Morgan fingerprint density at radius 2 is 1.62 bits per heavy atom. The van der Waals surface area contributed by atoms with Crippen LogP contribution < -0.4 is 14.4 Å². The fourth-order valence-corrected chi connectivity index (χ4v) is 3.95. The first kappa shape index (κ1) is 19.8. The second kappa shape index (κ2) is 7.78. The summed E-state index contributed by atoms with van der Waals surface area (Å²) in [6.45, 7) is 5.35. The van der Waals surface area contributed by atoms with Crippen LogP contribution in [-0.2, 0) is 14.8 Å². The van der Waals surface area contributed by atoms with Crippen LogP contribution in [0, 0.1) is 13.8 Å². The van der Waals surface area contributed by atoms with Crippen molar-refractivity contribution in [3.63, 3.8) is 0 Å². The number of rotatable bonds is 6. The molecule has 2 rings (SSSR count). The van der Waals surface area contributed by atoms with Crippen LogP contribution in [0.3, 0.4) is 0 Å². The molecule has 6 nitrogen and oxygen atoms in total. The molecular weight excluding hydrogens is 352 g/mol. The van der Waals surface area contributed by atoms with Crippen LogP contribution in [0.1, 0.15) is 18.1 Å². The van der Waals surface area contributed by atoms with Crippen molar-refractivity contribution >= 4 is 27.3 Å². The van der Waals surface area contributed by atoms with E-state index in [-0.39, 0.29) is 0 Å². The van der Waals surface area contributed by atoms with Gasteiger partial charge in [0.1, 0.15) is 11.8 Å². The van der Waals surface area contributed by atoms with Crippen LogP contribution >= 0.6 is 0 Å². The van der Waals surface area contributed by atoms with E-state index < -0.39 is 22.0 Å². The number of anilines is 2. The summed E-state index contributed by atoms with van der Waals surface area (Å²) in [5.41, 5.74) is 2.94. The minimum atomic E-state index is -3.66. The molecule has 1 N–H and O–H groups in total. The maximum atomic E-state index is 12.8. The van der Waals surface area contributed by atoms with Crippen LogP contribution in [0.25, 0.3) is 0 Å². The van der Waals surface area contributed by atoms with Crippen LogP contribution in [0.4, 0.5) is 11.4 Å². The minimum Gasteiger partial charge on any atom is -0.497 e. The third-order valence-electron chi connectivity index (χ3n) is 4.14. The van der Waals surface area contributed by atoms with Crippen LogP contribution in [-0.4, -0.2) is 33.7 Å². The Bertz CT molecular complexity index is 872. The molecule has 0 spiro atoms. The zero-order chi connectivity index (χ0) is 19.5. The Kier molecular flexibility index (Phi) is 5.92. The number of ether oxygens (including phenoxy) is 1. The molecule has 7 heteroatoms. The van der Waals surface area contributed by atoms with Gasteiger partial charge >= 0.3 is 0 Å². The average molecular weight is 376 g/mol. The quantitative estimate of drug-likeness (QED) is 0.840. The molecule has 1 unspecified atom stereocenters. The smallest absolute Gasteiger partial charge is 0.248 e. The summed E-state index contributed by atoms with van der Waals surface area (Å²) in [4.78, 5) is 12.8. The molecule has 0 aliphatic heterocycles. The Hall–Kier alpha value is -2.54. The van der Waals surface area contributed by atoms with Gasteiger partial charge in [-0.05, 0) is 56.2 Å². The van der Waals surface area contributed by atoms with Gasteiger partial charge in [-0.15, -0.1) is 0 Å². The average Bonchev–Trinajstić information content (AvgIpc) is 2.57. The van der Waals surface area contributed by atoms with Gasteiger partial charge in [-0.25, -0.2) is 8.42 Å². The Balaban J connectivity index is 2.34. The second-order valence-corrected chi connectivity index (χ2v) is 8.05. The molecule has 0 aliphatic carbocycles. The van der Waals surface area contributed by atoms with Crippen molar-refractivity contribution in [1.29, 1.82) is 0 Å². The summed E-state index contributed by atoms with van der Waals surface area (Å²) < 4.78 is 30.9. The number of methoxy groups -OCH3 is 1. The van der Waals surface area contributed by atoms with Gasteiger partial charge in [0.2, 0.25) is 15.9 Å².